The van der Waals surface area contributed by atoms with Gasteiger partial charge >= 0.3 is 0 Å². The molecular weight excluding hydrogens is 356 g/mol. The number of carbonyl (C=O) groups excluding carboxylic acids is 1. The van der Waals surface area contributed by atoms with Gasteiger partial charge in [-0.25, -0.2) is 0 Å². The van der Waals surface area contributed by atoms with E-state index in [0.717, 1.165) is 26.9 Å². The number of hydrogen-bond donors (Lipinski definition) is 0. The van der Waals surface area contributed by atoms with Crippen molar-refractivity contribution in [2.24, 2.45) is 7.05 Å². The van der Waals surface area contributed by atoms with Crippen LogP contribution in [0.2, 0.25) is 0 Å². The van der Waals surface area contributed by atoms with E-state index in [2.05, 4.69) is 4.57 Å². The first-order valence-corrected chi connectivity index (χ1v) is 9.62. The van der Waals surface area contributed by atoms with Crippen molar-refractivity contribution in [3.8, 4) is 11.3 Å². The summed E-state index contributed by atoms with van der Waals surface area (Å²) in [5, 5.41) is 13.3. The zero-order valence-electron chi connectivity index (χ0n) is 14.8. The van der Waals surface area contributed by atoms with E-state index in [1.54, 1.807) is 18.2 Å². The van der Waals surface area contributed by atoms with Gasteiger partial charge in [0.25, 0.3) is 5.03 Å². The maximum atomic E-state index is 13.2. The minimum Gasteiger partial charge on any atom is -0.618 e. The third-order valence-electron chi connectivity index (χ3n) is 4.57. The van der Waals surface area contributed by atoms with Crippen LogP contribution in [0.3, 0.4) is 0 Å². The molecule has 5 heteroatoms. The van der Waals surface area contributed by atoms with Crippen LogP contribution in [-0.2, 0) is 7.05 Å². The second-order valence-corrected chi connectivity index (χ2v) is 7.24. The molecule has 0 aliphatic carbocycles. The maximum absolute atomic E-state index is 13.2. The van der Waals surface area contributed by atoms with Gasteiger partial charge in [-0.2, -0.15) is 4.73 Å². The third-order valence-corrected chi connectivity index (χ3v) is 5.59. The Morgan fingerprint density at radius 2 is 1.70 bits per heavy atom. The summed E-state index contributed by atoms with van der Waals surface area (Å²) < 4.78 is 2.86. The summed E-state index contributed by atoms with van der Waals surface area (Å²) in [7, 11) is 1.98. The predicted molar refractivity (Wildman–Crippen MR) is 109 cm³/mol. The Morgan fingerprint density at radius 3 is 2.48 bits per heavy atom. The van der Waals surface area contributed by atoms with Gasteiger partial charge < -0.3 is 9.77 Å². The number of fused-ring (bicyclic) bond motifs is 1. The van der Waals surface area contributed by atoms with Gasteiger partial charge in [0.15, 0.2) is 12.0 Å². The van der Waals surface area contributed by atoms with Gasteiger partial charge in [-0.3, -0.25) is 4.79 Å². The molecule has 4 nitrogen and oxygen atoms in total. The van der Waals surface area contributed by atoms with Crippen molar-refractivity contribution < 1.29 is 9.52 Å². The highest BCUT2D eigenvalue weighted by molar-refractivity contribution is 7.99. The van der Waals surface area contributed by atoms with Crippen LogP contribution < -0.4 is 4.73 Å². The Labute approximate surface area is 161 Å². The topological polar surface area (TPSA) is 48.9 Å². The minimum absolute atomic E-state index is 0.0134. The highest BCUT2D eigenvalue weighted by Gasteiger charge is 2.22. The molecule has 0 N–H and O–H groups in total. The highest BCUT2D eigenvalue weighted by Crippen LogP contribution is 2.34. The summed E-state index contributed by atoms with van der Waals surface area (Å²) in [6.45, 7) is 0. The molecule has 4 rings (SSSR count). The highest BCUT2D eigenvalue weighted by atomic mass is 32.2. The number of rotatable bonds is 5. The zero-order valence-corrected chi connectivity index (χ0v) is 15.6. The summed E-state index contributed by atoms with van der Waals surface area (Å²) in [4.78, 5) is 13.2. The van der Waals surface area contributed by atoms with E-state index in [1.165, 1.54) is 18.0 Å². The van der Waals surface area contributed by atoms with Gasteiger partial charge in [0.05, 0.1) is 17.0 Å². The Kier molecular flexibility index (Phi) is 4.69. The smallest absolute Gasteiger partial charge is 0.251 e. The van der Waals surface area contributed by atoms with Crippen molar-refractivity contribution in [2.75, 3.05) is 5.75 Å². The van der Waals surface area contributed by atoms with Crippen molar-refractivity contribution in [1.82, 2.24) is 4.57 Å². The number of Topliss-reactive ketones (excluding diaryl/α,β-unsaturated/α-hetero) is 1. The number of para-hydroxylation sites is 1. The fourth-order valence-electron chi connectivity index (χ4n) is 3.35. The average molecular weight is 374 g/mol. The standard InChI is InChI=1S/C22H18N2O2S/c1-23-18-12-6-5-11-17(18)21(22(23)16-9-3-2-4-10-16)19(25)15-27-20-13-7-8-14-24(20)26/h2-14H,15H2,1H3. The Morgan fingerprint density at radius 1 is 1.00 bits per heavy atom. The number of thioether (sulfide) groups is 1. The lowest BCUT2D eigenvalue weighted by molar-refractivity contribution is -0.645. The molecule has 27 heavy (non-hydrogen) atoms. The molecule has 0 saturated heterocycles. The molecule has 0 spiro atoms. The van der Waals surface area contributed by atoms with Gasteiger partial charge in [-0.05, 0) is 29.5 Å². The van der Waals surface area contributed by atoms with E-state index in [4.69, 9.17) is 0 Å². The number of carbonyl (C=O) groups is 1. The average Bonchev–Trinajstić information content (AvgIpc) is 3.01. The minimum atomic E-state index is 0.0134. The van der Waals surface area contributed by atoms with Crippen LogP contribution in [0.5, 0.6) is 0 Å². The van der Waals surface area contributed by atoms with Crippen LogP contribution in [0.25, 0.3) is 22.2 Å². The lowest BCUT2D eigenvalue weighted by atomic mass is 10.0. The van der Waals surface area contributed by atoms with Crippen LogP contribution in [0.1, 0.15) is 10.4 Å². The predicted octanol–water partition coefficient (Wildman–Crippen LogP) is 4.45. The quantitative estimate of drug-likeness (QED) is 0.224. The van der Waals surface area contributed by atoms with Gasteiger partial charge in [0.1, 0.15) is 0 Å². The first kappa shape index (κ1) is 17.4. The number of aromatic nitrogens is 2. The fraction of sp³-hybridized carbons (Fsp3) is 0.0909. The molecule has 2 aromatic heterocycles. The second-order valence-electron chi connectivity index (χ2n) is 6.24. The van der Waals surface area contributed by atoms with Crippen LogP contribution in [0.15, 0.2) is 84.0 Å². The normalized spacial score (nSPS) is 11.0. The Hall–Kier alpha value is -3.05. The number of benzene rings is 2. The van der Waals surface area contributed by atoms with E-state index in [-0.39, 0.29) is 11.5 Å². The Bertz CT molecular complexity index is 1120. The molecule has 0 saturated carbocycles. The molecular formula is C22H18N2O2S. The number of ketones is 1. The van der Waals surface area contributed by atoms with Crippen molar-refractivity contribution in [1.29, 1.82) is 0 Å². The van der Waals surface area contributed by atoms with Crippen molar-refractivity contribution in [3.05, 3.63) is 89.8 Å². The largest absolute Gasteiger partial charge is 0.618 e. The van der Waals surface area contributed by atoms with Gasteiger partial charge in [0.2, 0.25) is 0 Å². The molecule has 134 valence electrons. The van der Waals surface area contributed by atoms with Crippen LogP contribution in [0, 0.1) is 5.21 Å². The second kappa shape index (κ2) is 7.29. The lowest BCUT2D eigenvalue weighted by Crippen LogP contribution is -2.28. The zero-order chi connectivity index (χ0) is 18.8. The monoisotopic (exact) mass is 374 g/mol. The Balaban J connectivity index is 1.78. The summed E-state index contributed by atoms with van der Waals surface area (Å²) in [6, 6.07) is 23.1. The summed E-state index contributed by atoms with van der Waals surface area (Å²) in [5.41, 5.74) is 3.64. The molecule has 0 fully saturated rings. The summed E-state index contributed by atoms with van der Waals surface area (Å²) in [6.07, 6.45) is 1.44. The van der Waals surface area contributed by atoms with Crippen molar-refractivity contribution >= 4 is 28.4 Å². The fourth-order valence-corrected chi connectivity index (χ4v) is 4.13. The van der Waals surface area contributed by atoms with Gasteiger partial charge in [0, 0.05) is 30.1 Å². The van der Waals surface area contributed by atoms with Crippen molar-refractivity contribution in [2.45, 2.75) is 5.03 Å². The van der Waals surface area contributed by atoms with Gasteiger partial charge in [-0.1, -0.05) is 48.5 Å². The molecule has 2 aromatic carbocycles. The molecule has 2 heterocycles. The van der Waals surface area contributed by atoms with Gasteiger partial charge in [-0.15, -0.1) is 0 Å². The van der Waals surface area contributed by atoms with E-state index in [1.807, 2.05) is 61.6 Å². The van der Waals surface area contributed by atoms with Crippen LogP contribution in [-0.4, -0.2) is 16.1 Å². The van der Waals surface area contributed by atoms with E-state index >= 15 is 0 Å². The first-order chi connectivity index (χ1) is 13.2. The van der Waals surface area contributed by atoms with Crippen LogP contribution >= 0.6 is 11.8 Å². The molecule has 4 aromatic rings. The van der Waals surface area contributed by atoms with E-state index in [0.29, 0.717) is 10.6 Å². The van der Waals surface area contributed by atoms with E-state index in [9.17, 15) is 10.0 Å². The summed E-state index contributed by atoms with van der Waals surface area (Å²) in [5.74, 6) is 0.222. The molecule has 0 aliphatic heterocycles. The maximum Gasteiger partial charge on any atom is 0.251 e. The van der Waals surface area contributed by atoms with Crippen LogP contribution in [0.4, 0.5) is 0 Å². The molecule has 0 amide bonds. The van der Waals surface area contributed by atoms with Crippen molar-refractivity contribution in [3.63, 3.8) is 0 Å². The molecule has 0 atom stereocenters. The molecule has 0 unspecified atom stereocenters. The van der Waals surface area contributed by atoms with E-state index < -0.39 is 0 Å². The molecule has 0 radical (unpaired) electrons. The number of hydrogen-bond acceptors (Lipinski definition) is 3. The SMILES string of the molecule is Cn1c(-c2ccccc2)c(C(=O)CSc2cccc[n+]2[O-])c2ccccc21. The lowest BCUT2D eigenvalue weighted by Gasteiger charge is -2.08. The number of nitrogens with zero attached hydrogens (tertiary/aromatic N) is 2. The number of aryl methyl sites for hydroxylation is 1. The number of pyridine rings is 1. The first-order valence-electron chi connectivity index (χ1n) is 8.64. The summed E-state index contributed by atoms with van der Waals surface area (Å²) >= 11 is 1.26. The third kappa shape index (κ3) is 3.22. The molecule has 0 aliphatic rings. The molecule has 0 bridgehead atoms.